The van der Waals surface area contributed by atoms with Gasteiger partial charge in [0.15, 0.2) is 0 Å². The molecule has 0 saturated heterocycles. The van der Waals surface area contributed by atoms with Crippen molar-refractivity contribution in [2.75, 3.05) is 5.32 Å². The molecule has 0 atom stereocenters. The molecule has 138 valence electrons. The van der Waals surface area contributed by atoms with Crippen molar-refractivity contribution in [1.29, 1.82) is 0 Å². The lowest BCUT2D eigenvalue weighted by Crippen LogP contribution is -2.13. The Morgan fingerprint density at radius 2 is 1.54 bits per heavy atom. The Morgan fingerprint density at radius 3 is 2.29 bits per heavy atom. The van der Waals surface area contributed by atoms with Crippen LogP contribution < -0.4 is 5.32 Å². The van der Waals surface area contributed by atoms with Crippen molar-refractivity contribution < 1.29 is 4.79 Å². The fourth-order valence-electron chi connectivity index (χ4n) is 2.93. The van der Waals surface area contributed by atoms with Crippen molar-refractivity contribution in [3.63, 3.8) is 0 Å². The number of para-hydroxylation sites is 2. The van der Waals surface area contributed by atoms with E-state index in [1.54, 1.807) is 22.6 Å². The Balaban J connectivity index is 1.58. The van der Waals surface area contributed by atoms with Gasteiger partial charge in [-0.15, -0.1) is 0 Å². The van der Waals surface area contributed by atoms with Crippen LogP contribution >= 0.6 is 11.8 Å². The fraction of sp³-hybridized carbons (Fsp3) is 0.0435. The standard InChI is InChI=1S/C23H19N3OS/c1-17-20(16-24-26(17)18-10-4-2-5-11-18)23(27)25-21-14-8-9-15-22(21)28-19-12-6-3-7-13-19/h2-16H,1H3,(H,25,27). The van der Waals surface area contributed by atoms with E-state index in [1.165, 1.54) is 0 Å². The third-order valence-corrected chi connectivity index (χ3v) is 5.45. The predicted molar refractivity (Wildman–Crippen MR) is 113 cm³/mol. The summed E-state index contributed by atoms with van der Waals surface area (Å²) >= 11 is 1.62. The summed E-state index contributed by atoms with van der Waals surface area (Å²) in [5.74, 6) is -0.166. The topological polar surface area (TPSA) is 46.9 Å². The molecule has 4 rings (SSSR count). The first-order chi connectivity index (χ1) is 13.7. The zero-order chi connectivity index (χ0) is 19.3. The Hall–Kier alpha value is -3.31. The van der Waals surface area contributed by atoms with Gasteiger partial charge in [0.25, 0.3) is 5.91 Å². The van der Waals surface area contributed by atoms with E-state index in [0.29, 0.717) is 5.56 Å². The summed E-state index contributed by atoms with van der Waals surface area (Å²) in [5, 5.41) is 7.43. The molecule has 1 N–H and O–H groups in total. The molecule has 0 radical (unpaired) electrons. The third kappa shape index (κ3) is 3.85. The van der Waals surface area contributed by atoms with Crippen LogP contribution in [0.5, 0.6) is 0 Å². The summed E-state index contributed by atoms with van der Waals surface area (Å²) in [5.41, 5.74) is 3.08. The van der Waals surface area contributed by atoms with Gasteiger partial charge in [-0.1, -0.05) is 60.3 Å². The predicted octanol–water partition coefficient (Wildman–Crippen LogP) is 5.58. The molecule has 0 saturated carbocycles. The lowest BCUT2D eigenvalue weighted by atomic mass is 10.2. The normalized spacial score (nSPS) is 10.6. The summed E-state index contributed by atoms with van der Waals surface area (Å²) in [6, 6.07) is 27.7. The van der Waals surface area contributed by atoms with Crippen LogP contribution in [0.15, 0.2) is 101 Å². The van der Waals surface area contributed by atoms with Gasteiger partial charge in [0, 0.05) is 9.79 Å². The van der Waals surface area contributed by atoms with Gasteiger partial charge in [-0.2, -0.15) is 5.10 Å². The minimum absolute atomic E-state index is 0.166. The summed E-state index contributed by atoms with van der Waals surface area (Å²) in [6.45, 7) is 1.90. The molecule has 4 aromatic rings. The van der Waals surface area contributed by atoms with Gasteiger partial charge in [-0.25, -0.2) is 4.68 Å². The molecular formula is C23H19N3OS. The maximum Gasteiger partial charge on any atom is 0.259 e. The molecule has 0 aliphatic carbocycles. The van der Waals surface area contributed by atoms with Crippen LogP contribution in [0.3, 0.4) is 0 Å². The number of carbonyl (C=O) groups excluding carboxylic acids is 1. The maximum absolute atomic E-state index is 12.9. The first-order valence-electron chi connectivity index (χ1n) is 8.96. The molecule has 5 heteroatoms. The van der Waals surface area contributed by atoms with Gasteiger partial charge < -0.3 is 5.32 Å². The number of nitrogens with one attached hydrogen (secondary N) is 1. The first kappa shape index (κ1) is 18.1. The lowest BCUT2D eigenvalue weighted by Gasteiger charge is -2.11. The number of rotatable bonds is 5. The SMILES string of the molecule is Cc1c(C(=O)Nc2ccccc2Sc2ccccc2)cnn1-c1ccccc1. The highest BCUT2D eigenvalue weighted by atomic mass is 32.2. The molecule has 0 aliphatic heterocycles. The molecule has 1 heterocycles. The summed E-state index contributed by atoms with van der Waals surface area (Å²) < 4.78 is 1.78. The molecule has 28 heavy (non-hydrogen) atoms. The average molecular weight is 385 g/mol. The number of amides is 1. The van der Waals surface area contributed by atoms with E-state index >= 15 is 0 Å². The highest BCUT2D eigenvalue weighted by Gasteiger charge is 2.16. The molecule has 4 nitrogen and oxygen atoms in total. The number of hydrogen-bond acceptors (Lipinski definition) is 3. The van der Waals surface area contributed by atoms with E-state index in [0.717, 1.165) is 26.9 Å². The Bertz CT molecular complexity index is 1090. The fourth-order valence-corrected chi connectivity index (χ4v) is 3.85. The molecule has 1 amide bonds. The van der Waals surface area contributed by atoms with Crippen LogP contribution in [0, 0.1) is 6.92 Å². The zero-order valence-corrected chi connectivity index (χ0v) is 16.2. The van der Waals surface area contributed by atoms with Crippen molar-refractivity contribution in [1.82, 2.24) is 9.78 Å². The highest BCUT2D eigenvalue weighted by molar-refractivity contribution is 7.99. The summed E-state index contributed by atoms with van der Waals surface area (Å²) in [7, 11) is 0. The molecule has 1 aromatic heterocycles. The Kier molecular flexibility index (Phi) is 5.26. The van der Waals surface area contributed by atoms with Gasteiger partial charge in [-0.3, -0.25) is 4.79 Å². The van der Waals surface area contributed by atoms with Crippen molar-refractivity contribution in [2.24, 2.45) is 0 Å². The van der Waals surface area contributed by atoms with Gasteiger partial charge in [-0.05, 0) is 43.3 Å². The van der Waals surface area contributed by atoms with E-state index in [1.807, 2.05) is 79.7 Å². The zero-order valence-electron chi connectivity index (χ0n) is 15.4. The van der Waals surface area contributed by atoms with Gasteiger partial charge in [0.1, 0.15) is 0 Å². The van der Waals surface area contributed by atoms with Gasteiger partial charge >= 0.3 is 0 Å². The number of hydrogen-bond donors (Lipinski definition) is 1. The highest BCUT2D eigenvalue weighted by Crippen LogP contribution is 2.33. The Morgan fingerprint density at radius 1 is 0.893 bits per heavy atom. The summed E-state index contributed by atoms with van der Waals surface area (Å²) in [4.78, 5) is 15.0. The van der Waals surface area contributed by atoms with E-state index in [-0.39, 0.29) is 5.91 Å². The second kappa shape index (κ2) is 8.15. The second-order valence-corrected chi connectivity index (χ2v) is 7.37. The van der Waals surface area contributed by atoms with E-state index in [4.69, 9.17) is 0 Å². The van der Waals surface area contributed by atoms with Gasteiger partial charge in [0.2, 0.25) is 0 Å². The number of aromatic nitrogens is 2. The molecule has 0 bridgehead atoms. The number of carbonyl (C=O) groups is 1. The van der Waals surface area contributed by atoms with Crippen LogP contribution in [0.4, 0.5) is 5.69 Å². The Labute approximate surface area is 168 Å². The van der Waals surface area contributed by atoms with Crippen LogP contribution in [0.1, 0.15) is 16.1 Å². The molecule has 0 spiro atoms. The average Bonchev–Trinajstić information content (AvgIpc) is 3.12. The lowest BCUT2D eigenvalue weighted by molar-refractivity contribution is 0.102. The van der Waals surface area contributed by atoms with Crippen molar-refractivity contribution in [2.45, 2.75) is 16.7 Å². The van der Waals surface area contributed by atoms with Crippen LogP contribution in [0.25, 0.3) is 5.69 Å². The first-order valence-corrected chi connectivity index (χ1v) is 9.77. The quantitative estimate of drug-likeness (QED) is 0.487. The minimum Gasteiger partial charge on any atom is -0.321 e. The van der Waals surface area contributed by atoms with E-state index in [2.05, 4.69) is 22.5 Å². The van der Waals surface area contributed by atoms with E-state index in [9.17, 15) is 4.79 Å². The van der Waals surface area contributed by atoms with Crippen LogP contribution in [0.2, 0.25) is 0 Å². The minimum atomic E-state index is -0.166. The van der Waals surface area contributed by atoms with Crippen molar-refractivity contribution >= 4 is 23.4 Å². The van der Waals surface area contributed by atoms with Crippen molar-refractivity contribution in [3.8, 4) is 5.69 Å². The molecule has 0 unspecified atom stereocenters. The molecule has 0 aliphatic rings. The summed E-state index contributed by atoms with van der Waals surface area (Å²) in [6.07, 6.45) is 1.62. The maximum atomic E-state index is 12.9. The molecule has 0 fully saturated rings. The van der Waals surface area contributed by atoms with Crippen LogP contribution in [-0.2, 0) is 0 Å². The number of nitrogens with zero attached hydrogens (tertiary/aromatic N) is 2. The van der Waals surface area contributed by atoms with E-state index < -0.39 is 0 Å². The molecule has 3 aromatic carbocycles. The monoisotopic (exact) mass is 385 g/mol. The van der Waals surface area contributed by atoms with Crippen molar-refractivity contribution in [3.05, 3.63) is 102 Å². The van der Waals surface area contributed by atoms with Crippen LogP contribution in [-0.4, -0.2) is 15.7 Å². The third-order valence-electron chi connectivity index (χ3n) is 4.36. The smallest absolute Gasteiger partial charge is 0.259 e. The second-order valence-electron chi connectivity index (χ2n) is 6.26. The largest absolute Gasteiger partial charge is 0.321 e. The van der Waals surface area contributed by atoms with Gasteiger partial charge in [0.05, 0.1) is 28.8 Å². The number of anilines is 1. The number of benzene rings is 3. The molecular weight excluding hydrogens is 366 g/mol.